The van der Waals surface area contributed by atoms with Gasteiger partial charge in [0.15, 0.2) is 0 Å². The topological polar surface area (TPSA) is 58.6 Å². The number of urea groups is 1. The summed E-state index contributed by atoms with van der Waals surface area (Å²) in [4.78, 5) is 24.0. The van der Waals surface area contributed by atoms with Gasteiger partial charge in [0.1, 0.15) is 11.6 Å². The van der Waals surface area contributed by atoms with Gasteiger partial charge in [0.25, 0.3) is 0 Å². The fourth-order valence-electron chi connectivity index (χ4n) is 1.67. The van der Waals surface area contributed by atoms with E-state index in [-0.39, 0.29) is 24.6 Å². The number of anilines is 1. The molecule has 1 aliphatic rings. The van der Waals surface area contributed by atoms with Gasteiger partial charge in [0, 0.05) is 19.0 Å². The Bertz CT molecular complexity index is 476. The molecule has 1 heterocycles. The number of nitrogens with zero attached hydrogens (tertiary/aromatic N) is 1. The van der Waals surface area contributed by atoms with E-state index >= 15 is 0 Å². The van der Waals surface area contributed by atoms with Gasteiger partial charge in [-0.1, -0.05) is 0 Å². The summed E-state index contributed by atoms with van der Waals surface area (Å²) in [6.07, 6.45) is 0.215. The molecule has 0 aliphatic carbocycles. The van der Waals surface area contributed by atoms with E-state index in [0.717, 1.165) is 0 Å². The van der Waals surface area contributed by atoms with Crippen molar-refractivity contribution in [3.8, 4) is 5.75 Å². The molecule has 0 aromatic heterocycles. The van der Waals surface area contributed by atoms with Crippen molar-refractivity contribution in [3.63, 3.8) is 0 Å². The third-order valence-corrected chi connectivity index (χ3v) is 2.49. The second kappa shape index (κ2) is 4.40. The molecule has 5 nitrogen and oxygen atoms in total. The third kappa shape index (κ3) is 2.20. The molecule has 0 unspecified atom stereocenters. The Morgan fingerprint density at radius 3 is 2.82 bits per heavy atom. The summed E-state index contributed by atoms with van der Waals surface area (Å²) >= 11 is 0. The van der Waals surface area contributed by atoms with Crippen molar-refractivity contribution in [2.24, 2.45) is 0 Å². The van der Waals surface area contributed by atoms with Crippen molar-refractivity contribution < 1.29 is 18.7 Å². The highest BCUT2D eigenvalue weighted by atomic mass is 19.1. The van der Waals surface area contributed by atoms with Crippen LogP contribution < -0.4 is 15.0 Å². The molecular formula is C11H11FN2O3. The molecule has 0 spiro atoms. The Balaban J connectivity index is 2.33. The minimum atomic E-state index is -0.522. The number of carbonyl (C=O) groups is 2. The second-order valence-electron chi connectivity index (χ2n) is 3.57. The SMILES string of the molecule is COc1cc(F)ccc1N1CCC(=O)NC1=O. The molecule has 0 radical (unpaired) electrons. The maximum absolute atomic E-state index is 13.0. The Hall–Kier alpha value is -2.11. The fraction of sp³-hybridized carbons (Fsp3) is 0.273. The average molecular weight is 238 g/mol. The van der Waals surface area contributed by atoms with Crippen LogP contribution in [0.3, 0.4) is 0 Å². The fourth-order valence-corrected chi connectivity index (χ4v) is 1.67. The van der Waals surface area contributed by atoms with Crippen molar-refractivity contribution in [1.82, 2.24) is 5.32 Å². The van der Waals surface area contributed by atoms with E-state index in [1.807, 2.05) is 0 Å². The van der Waals surface area contributed by atoms with Gasteiger partial charge >= 0.3 is 6.03 Å². The van der Waals surface area contributed by atoms with E-state index in [1.165, 1.54) is 30.2 Å². The van der Waals surface area contributed by atoms with Gasteiger partial charge in [-0.2, -0.15) is 0 Å². The van der Waals surface area contributed by atoms with E-state index in [9.17, 15) is 14.0 Å². The normalized spacial score (nSPS) is 15.8. The first-order valence-electron chi connectivity index (χ1n) is 5.06. The summed E-state index contributed by atoms with van der Waals surface area (Å²) in [5, 5.41) is 2.19. The van der Waals surface area contributed by atoms with E-state index < -0.39 is 11.8 Å². The molecule has 3 amide bonds. The Kier molecular flexibility index (Phi) is 2.95. The molecule has 0 saturated carbocycles. The molecule has 1 aromatic carbocycles. The zero-order chi connectivity index (χ0) is 12.4. The lowest BCUT2D eigenvalue weighted by Crippen LogP contribution is -2.49. The first kappa shape index (κ1) is 11.4. The number of ether oxygens (including phenoxy) is 1. The van der Waals surface area contributed by atoms with Gasteiger partial charge in [-0.25, -0.2) is 9.18 Å². The quantitative estimate of drug-likeness (QED) is 0.844. The second-order valence-corrected chi connectivity index (χ2v) is 3.57. The molecule has 1 saturated heterocycles. The van der Waals surface area contributed by atoms with Gasteiger partial charge in [-0.05, 0) is 12.1 Å². The number of benzene rings is 1. The minimum Gasteiger partial charge on any atom is -0.494 e. The first-order chi connectivity index (χ1) is 8.11. The van der Waals surface area contributed by atoms with Gasteiger partial charge in [0.05, 0.1) is 12.8 Å². The van der Waals surface area contributed by atoms with E-state index in [2.05, 4.69) is 5.32 Å². The third-order valence-electron chi connectivity index (χ3n) is 2.49. The highest BCUT2D eigenvalue weighted by molar-refractivity contribution is 6.06. The van der Waals surface area contributed by atoms with Crippen LogP contribution in [0.25, 0.3) is 0 Å². The molecule has 1 fully saturated rings. The lowest BCUT2D eigenvalue weighted by Gasteiger charge is -2.27. The lowest BCUT2D eigenvalue weighted by atomic mass is 10.2. The monoisotopic (exact) mass is 238 g/mol. The van der Waals surface area contributed by atoms with E-state index in [4.69, 9.17) is 4.74 Å². The van der Waals surface area contributed by atoms with Crippen molar-refractivity contribution in [1.29, 1.82) is 0 Å². The number of methoxy groups -OCH3 is 1. The molecule has 1 N–H and O–H groups in total. The highest BCUT2D eigenvalue weighted by Gasteiger charge is 2.26. The number of halogens is 1. The molecular weight excluding hydrogens is 227 g/mol. The summed E-state index contributed by atoms with van der Waals surface area (Å²) < 4.78 is 18.0. The molecule has 0 atom stereocenters. The van der Waals surface area contributed by atoms with Crippen LogP contribution in [0.15, 0.2) is 18.2 Å². The summed E-state index contributed by atoms with van der Waals surface area (Å²) in [6.45, 7) is 0.257. The average Bonchev–Trinajstić information content (AvgIpc) is 2.30. The van der Waals surface area contributed by atoms with Gasteiger partial charge in [0.2, 0.25) is 5.91 Å². The number of rotatable bonds is 2. The van der Waals surface area contributed by atoms with E-state index in [1.54, 1.807) is 0 Å². The molecule has 1 aromatic rings. The van der Waals surface area contributed by atoms with Crippen LogP contribution in [0.1, 0.15) is 6.42 Å². The summed E-state index contributed by atoms with van der Waals surface area (Å²) in [6, 6.07) is 3.36. The van der Waals surface area contributed by atoms with Crippen LogP contribution in [0.2, 0.25) is 0 Å². The number of hydrogen-bond donors (Lipinski definition) is 1. The first-order valence-corrected chi connectivity index (χ1v) is 5.06. The van der Waals surface area contributed by atoms with Crippen molar-refractivity contribution in [2.45, 2.75) is 6.42 Å². The maximum Gasteiger partial charge on any atom is 0.328 e. The molecule has 6 heteroatoms. The van der Waals surface area contributed by atoms with Crippen molar-refractivity contribution in [3.05, 3.63) is 24.0 Å². The highest BCUT2D eigenvalue weighted by Crippen LogP contribution is 2.29. The predicted octanol–water partition coefficient (Wildman–Crippen LogP) is 1.28. The van der Waals surface area contributed by atoms with Crippen LogP contribution in [-0.4, -0.2) is 25.6 Å². The smallest absolute Gasteiger partial charge is 0.328 e. The van der Waals surface area contributed by atoms with Gasteiger partial charge < -0.3 is 4.74 Å². The Labute approximate surface area is 97.2 Å². The minimum absolute atomic E-state index is 0.215. The van der Waals surface area contributed by atoms with Crippen LogP contribution in [-0.2, 0) is 4.79 Å². The molecule has 0 bridgehead atoms. The largest absolute Gasteiger partial charge is 0.494 e. The lowest BCUT2D eigenvalue weighted by molar-refractivity contribution is -0.120. The molecule has 17 heavy (non-hydrogen) atoms. The number of amides is 3. The zero-order valence-electron chi connectivity index (χ0n) is 9.20. The standard InChI is InChI=1S/C11H11FN2O3/c1-17-9-6-7(12)2-3-8(9)14-5-4-10(15)13-11(14)16/h2-3,6H,4-5H2,1H3,(H,13,15,16). The summed E-state index contributed by atoms with van der Waals surface area (Å²) in [5.74, 6) is -0.499. The van der Waals surface area contributed by atoms with Crippen LogP contribution in [0.5, 0.6) is 5.75 Å². The van der Waals surface area contributed by atoms with Gasteiger partial charge in [-0.3, -0.25) is 15.0 Å². The van der Waals surface area contributed by atoms with Crippen LogP contribution >= 0.6 is 0 Å². The van der Waals surface area contributed by atoms with Crippen LogP contribution in [0.4, 0.5) is 14.9 Å². The molecule has 2 rings (SSSR count). The summed E-state index contributed by atoms with van der Waals surface area (Å²) in [5.41, 5.74) is 0.443. The van der Waals surface area contributed by atoms with Crippen molar-refractivity contribution >= 4 is 17.6 Å². The zero-order valence-corrected chi connectivity index (χ0v) is 9.20. The Morgan fingerprint density at radius 2 is 2.18 bits per heavy atom. The predicted molar refractivity (Wildman–Crippen MR) is 58.5 cm³/mol. The molecule has 90 valence electrons. The summed E-state index contributed by atoms with van der Waals surface area (Å²) in [7, 11) is 1.39. The Morgan fingerprint density at radius 1 is 1.41 bits per heavy atom. The number of nitrogens with one attached hydrogen (secondary N) is 1. The van der Waals surface area contributed by atoms with Gasteiger partial charge in [-0.15, -0.1) is 0 Å². The van der Waals surface area contributed by atoms with Crippen molar-refractivity contribution in [2.75, 3.05) is 18.6 Å². The number of imide groups is 1. The molecule has 1 aliphatic heterocycles. The van der Waals surface area contributed by atoms with E-state index in [0.29, 0.717) is 5.69 Å². The number of carbonyl (C=O) groups excluding carboxylic acids is 2. The van der Waals surface area contributed by atoms with Crippen LogP contribution in [0, 0.1) is 5.82 Å². The maximum atomic E-state index is 13.0. The number of hydrogen-bond acceptors (Lipinski definition) is 3.